The van der Waals surface area contributed by atoms with E-state index in [0.29, 0.717) is 6.54 Å². The van der Waals surface area contributed by atoms with Crippen molar-refractivity contribution in [2.24, 2.45) is 5.73 Å². The van der Waals surface area contributed by atoms with Crippen LogP contribution in [0.5, 0.6) is 0 Å². The molecule has 96 valence electrons. The third-order valence-corrected chi connectivity index (χ3v) is 3.89. The van der Waals surface area contributed by atoms with E-state index in [4.69, 9.17) is 5.73 Å². The average molecular weight is 266 g/mol. The van der Waals surface area contributed by atoms with Crippen LogP contribution in [0.3, 0.4) is 0 Å². The minimum Gasteiger partial charge on any atom is -0.326 e. The summed E-state index contributed by atoms with van der Waals surface area (Å²) in [6.45, 7) is 0.580. The number of H-pyrrole nitrogens is 1. The van der Waals surface area contributed by atoms with E-state index in [1.165, 1.54) is 12.3 Å². The standard InChI is InChI=1S/C11H14N4O2S/c12-7-9-3-1-2-4-10(9)8-14-18(16,17)11-5-6-13-15-11/h1-6,14H,7-8,12H2,(H,13,15). The Labute approximate surface area is 105 Å². The number of benzene rings is 1. The van der Waals surface area contributed by atoms with E-state index >= 15 is 0 Å². The van der Waals surface area contributed by atoms with Crippen molar-refractivity contribution >= 4 is 10.0 Å². The van der Waals surface area contributed by atoms with Gasteiger partial charge in [0.15, 0.2) is 5.03 Å². The van der Waals surface area contributed by atoms with Gasteiger partial charge in [0.1, 0.15) is 0 Å². The quantitative estimate of drug-likeness (QED) is 0.726. The zero-order valence-corrected chi connectivity index (χ0v) is 10.4. The molecule has 0 spiro atoms. The molecular weight excluding hydrogens is 252 g/mol. The largest absolute Gasteiger partial charge is 0.326 e. The molecule has 0 fully saturated rings. The molecule has 18 heavy (non-hydrogen) atoms. The lowest BCUT2D eigenvalue weighted by Gasteiger charge is -2.08. The van der Waals surface area contributed by atoms with Crippen LogP contribution in [0, 0.1) is 0 Å². The molecule has 6 nitrogen and oxygen atoms in total. The van der Waals surface area contributed by atoms with Crippen LogP contribution in [-0.4, -0.2) is 18.6 Å². The van der Waals surface area contributed by atoms with Crippen LogP contribution >= 0.6 is 0 Å². The van der Waals surface area contributed by atoms with E-state index < -0.39 is 10.0 Å². The van der Waals surface area contributed by atoms with Crippen molar-refractivity contribution in [2.75, 3.05) is 0 Å². The summed E-state index contributed by atoms with van der Waals surface area (Å²) in [7, 11) is -3.55. The van der Waals surface area contributed by atoms with Crippen LogP contribution in [0.25, 0.3) is 0 Å². The second-order valence-corrected chi connectivity index (χ2v) is 5.45. The van der Waals surface area contributed by atoms with Crippen LogP contribution in [0.4, 0.5) is 0 Å². The monoisotopic (exact) mass is 266 g/mol. The SMILES string of the molecule is NCc1ccccc1CNS(=O)(=O)c1ccn[nH]1. The van der Waals surface area contributed by atoms with E-state index in [0.717, 1.165) is 11.1 Å². The highest BCUT2D eigenvalue weighted by atomic mass is 32.2. The molecule has 0 aliphatic heterocycles. The second-order valence-electron chi connectivity index (χ2n) is 3.72. The first kappa shape index (κ1) is 12.7. The number of rotatable bonds is 5. The van der Waals surface area contributed by atoms with Gasteiger partial charge in [0.2, 0.25) is 0 Å². The van der Waals surface area contributed by atoms with Gasteiger partial charge in [-0.3, -0.25) is 5.10 Å². The minimum atomic E-state index is -3.55. The van der Waals surface area contributed by atoms with E-state index in [1.807, 2.05) is 24.3 Å². The fraction of sp³-hybridized carbons (Fsp3) is 0.182. The molecule has 0 radical (unpaired) electrons. The van der Waals surface area contributed by atoms with Crippen LogP contribution in [-0.2, 0) is 23.1 Å². The van der Waals surface area contributed by atoms with Crippen LogP contribution < -0.4 is 10.5 Å². The lowest BCUT2D eigenvalue weighted by atomic mass is 10.1. The number of nitrogens with zero attached hydrogens (tertiary/aromatic N) is 1. The van der Waals surface area contributed by atoms with Gasteiger partial charge in [0.25, 0.3) is 10.0 Å². The van der Waals surface area contributed by atoms with Crippen molar-refractivity contribution in [2.45, 2.75) is 18.1 Å². The summed E-state index contributed by atoms with van der Waals surface area (Å²) in [4.78, 5) is 0. The summed E-state index contributed by atoms with van der Waals surface area (Å²) in [6.07, 6.45) is 1.39. The Balaban J connectivity index is 2.13. The van der Waals surface area contributed by atoms with Gasteiger partial charge in [-0.2, -0.15) is 5.10 Å². The number of nitrogens with two attached hydrogens (primary N) is 1. The van der Waals surface area contributed by atoms with E-state index in [9.17, 15) is 8.42 Å². The maximum absolute atomic E-state index is 11.9. The maximum atomic E-state index is 11.9. The highest BCUT2D eigenvalue weighted by Crippen LogP contribution is 2.09. The highest BCUT2D eigenvalue weighted by molar-refractivity contribution is 7.89. The number of hydrogen-bond donors (Lipinski definition) is 3. The predicted octanol–water partition coefficient (Wildman–Crippen LogP) is 0.347. The van der Waals surface area contributed by atoms with Gasteiger partial charge in [0, 0.05) is 13.1 Å². The molecule has 2 aromatic rings. The van der Waals surface area contributed by atoms with Crippen molar-refractivity contribution in [3.8, 4) is 0 Å². The minimum absolute atomic E-state index is 0.0488. The zero-order valence-electron chi connectivity index (χ0n) is 9.63. The van der Waals surface area contributed by atoms with Gasteiger partial charge in [0.05, 0.1) is 6.20 Å². The summed E-state index contributed by atoms with van der Waals surface area (Å²) in [5.41, 5.74) is 7.38. The van der Waals surface area contributed by atoms with E-state index in [1.54, 1.807) is 0 Å². The first-order chi connectivity index (χ1) is 8.63. The summed E-state index contributed by atoms with van der Waals surface area (Å²) in [5, 5.41) is 6.08. The summed E-state index contributed by atoms with van der Waals surface area (Å²) in [5.74, 6) is 0. The molecule has 4 N–H and O–H groups in total. The lowest BCUT2D eigenvalue weighted by molar-refractivity contribution is 0.576. The molecule has 0 amide bonds. The first-order valence-electron chi connectivity index (χ1n) is 5.39. The van der Waals surface area contributed by atoms with Crippen molar-refractivity contribution in [1.29, 1.82) is 0 Å². The molecular formula is C11H14N4O2S. The molecule has 0 bridgehead atoms. The topological polar surface area (TPSA) is 101 Å². The Morgan fingerprint density at radius 2 is 1.94 bits per heavy atom. The first-order valence-corrected chi connectivity index (χ1v) is 6.87. The van der Waals surface area contributed by atoms with Crippen LogP contribution in [0.2, 0.25) is 0 Å². The molecule has 2 rings (SSSR count). The molecule has 0 aliphatic carbocycles. The Morgan fingerprint density at radius 3 is 2.56 bits per heavy atom. The third-order valence-electron chi connectivity index (χ3n) is 2.56. The van der Waals surface area contributed by atoms with Gasteiger partial charge in [-0.05, 0) is 17.2 Å². The molecule has 0 atom stereocenters. The molecule has 1 aromatic carbocycles. The summed E-state index contributed by atoms with van der Waals surface area (Å²) >= 11 is 0. The molecule has 1 heterocycles. The van der Waals surface area contributed by atoms with Gasteiger partial charge in [-0.15, -0.1) is 0 Å². The number of aromatic amines is 1. The third kappa shape index (κ3) is 2.76. The Bertz CT molecular complexity index is 608. The smallest absolute Gasteiger partial charge is 0.257 e. The van der Waals surface area contributed by atoms with Gasteiger partial charge in [-0.1, -0.05) is 24.3 Å². The summed E-state index contributed by atoms with van der Waals surface area (Å²) in [6, 6.07) is 8.84. The van der Waals surface area contributed by atoms with Crippen LogP contribution in [0.1, 0.15) is 11.1 Å². The van der Waals surface area contributed by atoms with E-state index in [-0.39, 0.29) is 11.6 Å². The molecule has 0 saturated heterocycles. The number of aromatic nitrogens is 2. The maximum Gasteiger partial charge on any atom is 0.257 e. The number of nitrogens with one attached hydrogen (secondary N) is 2. The molecule has 1 aromatic heterocycles. The van der Waals surface area contributed by atoms with Crippen molar-refractivity contribution in [3.63, 3.8) is 0 Å². The van der Waals surface area contributed by atoms with Gasteiger partial charge in [-0.25, -0.2) is 13.1 Å². The van der Waals surface area contributed by atoms with Crippen molar-refractivity contribution in [1.82, 2.24) is 14.9 Å². The molecule has 7 heteroatoms. The normalized spacial score (nSPS) is 11.6. The van der Waals surface area contributed by atoms with E-state index in [2.05, 4.69) is 14.9 Å². The van der Waals surface area contributed by atoms with Gasteiger partial charge < -0.3 is 5.73 Å². The predicted molar refractivity (Wildman–Crippen MR) is 66.9 cm³/mol. The Kier molecular flexibility index (Phi) is 3.75. The summed E-state index contributed by atoms with van der Waals surface area (Å²) < 4.78 is 26.2. The zero-order chi connectivity index (χ0) is 13.0. The Morgan fingerprint density at radius 1 is 1.22 bits per heavy atom. The average Bonchev–Trinajstić information content (AvgIpc) is 2.91. The number of sulfonamides is 1. The lowest BCUT2D eigenvalue weighted by Crippen LogP contribution is -2.24. The fourth-order valence-corrected chi connectivity index (χ4v) is 2.49. The second kappa shape index (κ2) is 5.30. The molecule has 0 saturated carbocycles. The Hall–Kier alpha value is -1.70. The van der Waals surface area contributed by atoms with Crippen molar-refractivity contribution in [3.05, 3.63) is 47.7 Å². The highest BCUT2D eigenvalue weighted by Gasteiger charge is 2.15. The molecule has 0 aliphatic rings. The number of hydrogen-bond acceptors (Lipinski definition) is 4. The molecule has 0 unspecified atom stereocenters. The van der Waals surface area contributed by atoms with Crippen molar-refractivity contribution < 1.29 is 8.42 Å². The van der Waals surface area contributed by atoms with Gasteiger partial charge >= 0.3 is 0 Å². The van der Waals surface area contributed by atoms with Crippen LogP contribution in [0.15, 0.2) is 41.6 Å². The fourth-order valence-electron chi connectivity index (χ4n) is 1.57.